The van der Waals surface area contributed by atoms with Gasteiger partial charge in [0.25, 0.3) is 0 Å². The van der Waals surface area contributed by atoms with E-state index in [4.69, 9.17) is 0 Å². The number of halogens is 3. The van der Waals surface area contributed by atoms with Crippen LogP contribution in [0, 0.1) is 0 Å². The first kappa shape index (κ1) is 14.2. The fourth-order valence-corrected chi connectivity index (χ4v) is 0.947. The zero-order valence-electron chi connectivity index (χ0n) is 6.39. The molecule has 12 heavy (non-hydrogen) atoms. The zero-order chi connectivity index (χ0) is 9.12. The van der Waals surface area contributed by atoms with Crippen LogP contribution in [0.25, 0.3) is 0 Å². The monoisotopic (exact) mass is 209 g/mol. The summed E-state index contributed by atoms with van der Waals surface area (Å²) in [4.78, 5) is 0. The standard InChI is InChI=1S/C4H7F3O3S.H3N/c5-4(6,7)2-1-3-11(8,9)10;/h1-3H2,(H,8,9,10);1H3. The van der Waals surface area contributed by atoms with Crippen LogP contribution in [-0.2, 0) is 10.1 Å². The SMILES string of the molecule is O=S(=O)([O-])CCCC(F)(F)F.[NH4+]. The van der Waals surface area contributed by atoms with Gasteiger partial charge in [0.05, 0.1) is 10.1 Å². The minimum Gasteiger partial charge on any atom is -0.748 e. The van der Waals surface area contributed by atoms with E-state index in [1.54, 1.807) is 0 Å². The van der Waals surface area contributed by atoms with E-state index in [9.17, 15) is 26.1 Å². The lowest BCUT2D eigenvalue weighted by atomic mass is 10.3. The van der Waals surface area contributed by atoms with Gasteiger partial charge in [-0.15, -0.1) is 0 Å². The average molecular weight is 209 g/mol. The third-order valence-electron chi connectivity index (χ3n) is 0.855. The Bertz CT molecular complexity index is 210. The topological polar surface area (TPSA) is 93.7 Å². The Morgan fingerprint density at radius 3 is 1.92 bits per heavy atom. The van der Waals surface area contributed by atoms with Gasteiger partial charge >= 0.3 is 6.18 Å². The summed E-state index contributed by atoms with van der Waals surface area (Å²) in [7, 11) is -4.50. The molecule has 0 saturated carbocycles. The molecule has 0 bridgehead atoms. The average Bonchev–Trinajstić information content (AvgIpc) is 1.55. The molecule has 0 heterocycles. The van der Waals surface area contributed by atoms with E-state index in [2.05, 4.69) is 0 Å². The van der Waals surface area contributed by atoms with Crippen LogP contribution in [-0.4, -0.2) is 24.9 Å². The van der Waals surface area contributed by atoms with Gasteiger partial charge in [-0.05, 0) is 6.42 Å². The highest BCUT2D eigenvalue weighted by Crippen LogP contribution is 2.21. The Balaban J connectivity index is 0. The molecule has 4 N–H and O–H groups in total. The molecule has 8 heteroatoms. The van der Waals surface area contributed by atoms with Crippen molar-refractivity contribution in [3.8, 4) is 0 Å². The first-order chi connectivity index (χ1) is 4.71. The smallest absolute Gasteiger partial charge is 0.389 e. The molecule has 0 aromatic carbocycles. The summed E-state index contributed by atoms with van der Waals surface area (Å²) in [6.07, 6.45) is -6.27. The molecule has 0 aliphatic rings. The summed E-state index contributed by atoms with van der Waals surface area (Å²) in [6.45, 7) is 0. The summed E-state index contributed by atoms with van der Waals surface area (Å²) >= 11 is 0. The lowest BCUT2D eigenvalue weighted by Gasteiger charge is -2.07. The Morgan fingerprint density at radius 2 is 1.67 bits per heavy atom. The van der Waals surface area contributed by atoms with Crippen LogP contribution in [0.3, 0.4) is 0 Å². The van der Waals surface area contributed by atoms with Crippen molar-refractivity contribution in [3.05, 3.63) is 0 Å². The van der Waals surface area contributed by atoms with Gasteiger partial charge in [-0.3, -0.25) is 0 Å². The van der Waals surface area contributed by atoms with E-state index in [-0.39, 0.29) is 6.15 Å². The third kappa shape index (κ3) is 12.3. The predicted octanol–water partition coefficient (Wildman–Crippen LogP) is 1.25. The fraction of sp³-hybridized carbons (Fsp3) is 1.00. The highest BCUT2D eigenvalue weighted by atomic mass is 32.2. The van der Waals surface area contributed by atoms with Crippen LogP contribution < -0.4 is 6.15 Å². The molecule has 0 saturated heterocycles. The number of hydrogen-bond acceptors (Lipinski definition) is 3. The predicted molar refractivity (Wildman–Crippen MR) is 35.8 cm³/mol. The Kier molecular flexibility index (Phi) is 5.48. The van der Waals surface area contributed by atoms with E-state index in [0.29, 0.717) is 0 Å². The molecule has 0 aliphatic heterocycles. The van der Waals surface area contributed by atoms with Crippen molar-refractivity contribution in [1.82, 2.24) is 6.15 Å². The van der Waals surface area contributed by atoms with Crippen LogP contribution in [0.5, 0.6) is 0 Å². The highest BCUT2D eigenvalue weighted by Gasteiger charge is 2.26. The molecule has 0 rings (SSSR count). The minimum absolute atomic E-state index is 0. The van der Waals surface area contributed by atoms with Gasteiger partial charge in [-0.25, -0.2) is 8.42 Å². The van der Waals surface area contributed by atoms with Gasteiger partial charge in [0.1, 0.15) is 0 Å². The van der Waals surface area contributed by atoms with Crippen molar-refractivity contribution in [3.63, 3.8) is 0 Å². The van der Waals surface area contributed by atoms with Gasteiger partial charge in [-0.2, -0.15) is 13.2 Å². The van der Waals surface area contributed by atoms with Crippen LogP contribution in [0.1, 0.15) is 12.8 Å². The largest absolute Gasteiger partial charge is 0.748 e. The summed E-state index contributed by atoms with van der Waals surface area (Å²) in [6, 6.07) is 0. The zero-order valence-corrected chi connectivity index (χ0v) is 7.20. The number of rotatable bonds is 3. The Hall–Kier alpha value is -0.340. The molecule has 0 aromatic heterocycles. The summed E-state index contributed by atoms with van der Waals surface area (Å²) < 4.78 is 63.4. The normalized spacial score (nSPS) is 12.3. The molecule has 76 valence electrons. The lowest BCUT2D eigenvalue weighted by molar-refractivity contribution is -0.134. The van der Waals surface area contributed by atoms with Crippen molar-refractivity contribution in [1.29, 1.82) is 0 Å². The van der Waals surface area contributed by atoms with Crippen molar-refractivity contribution in [2.24, 2.45) is 0 Å². The highest BCUT2D eigenvalue weighted by molar-refractivity contribution is 7.85. The van der Waals surface area contributed by atoms with Gasteiger partial charge in [0.15, 0.2) is 0 Å². The fourth-order valence-electron chi connectivity index (χ4n) is 0.449. The second-order valence-electron chi connectivity index (χ2n) is 1.98. The van der Waals surface area contributed by atoms with Gasteiger partial charge in [0, 0.05) is 12.2 Å². The van der Waals surface area contributed by atoms with Crippen LogP contribution in [0.4, 0.5) is 13.2 Å². The summed E-state index contributed by atoms with van der Waals surface area (Å²) in [5, 5.41) is 0. The Labute approximate surface area is 68.1 Å². The minimum atomic E-state index is -4.50. The maximum absolute atomic E-state index is 11.3. The van der Waals surface area contributed by atoms with Crippen molar-refractivity contribution >= 4 is 10.1 Å². The van der Waals surface area contributed by atoms with E-state index in [1.165, 1.54) is 0 Å². The first-order valence-corrected chi connectivity index (χ1v) is 4.29. The molecular weight excluding hydrogens is 199 g/mol. The maximum Gasteiger partial charge on any atom is 0.389 e. The molecular formula is C4H10F3NO3S. The molecule has 0 fully saturated rings. The first-order valence-electron chi connectivity index (χ1n) is 2.71. The summed E-state index contributed by atoms with van der Waals surface area (Å²) in [5.74, 6) is -0.952. The molecule has 0 unspecified atom stereocenters. The second-order valence-corrected chi connectivity index (χ2v) is 3.50. The van der Waals surface area contributed by atoms with Gasteiger partial charge in [-0.1, -0.05) is 0 Å². The molecule has 4 nitrogen and oxygen atoms in total. The van der Waals surface area contributed by atoms with Crippen LogP contribution in [0.15, 0.2) is 0 Å². The van der Waals surface area contributed by atoms with E-state index in [0.717, 1.165) is 0 Å². The van der Waals surface area contributed by atoms with Crippen molar-refractivity contribution < 1.29 is 26.1 Å². The van der Waals surface area contributed by atoms with Crippen molar-refractivity contribution in [2.75, 3.05) is 5.75 Å². The molecule has 0 atom stereocenters. The van der Waals surface area contributed by atoms with Gasteiger partial charge in [0.2, 0.25) is 0 Å². The van der Waals surface area contributed by atoms with Crippen molar-refractivity contribution in [2.45, 2.75) is 19.0 Å². The quantitative estimate of drug-likeness (QED) is 0.708. The Morgan fingerprint density at radius 1 is 1.25 bits per heavy atom. The molecule has 0 aromatic rings. The van der Waals surface area contributed by atoms with Gasteiger partial charge < -0.3 is 10.7 Å². The third-order valence-corrected chi connectivity index (χ3v) is 1.64. The number of alkyl halides is 3. The molecule has 0 aliphatic carbocycles. The van der Waals surface area contributed by atoms with E-state index < -0.39 is 34.9 Å². The number of hydrogen-bond donors (Lipinski definition) is 1. The second kappa shape index (κ2) is 4.63. The lowest BCUT2D eigenvalue weighted by Crippen LogP contribution is -2.11. The van der Waals surface area contributed by atoms with Crippen LogP contribution in [0.2, 0.25) is 0 Å². The van der Waals surface area contributed by atoms with E-state index >= 15 is 0 Å². The summed E-state index contributed by atoms with van der Waals surface area (Å²) in [5.41, 5.74) is 0. The molecule has 0 spiro atoms. The molecule has 0 radical (unpaired) electrons. The van der Waals surface area contributed by atoms with Crippen LogP contribution >= 0.6 is 0 Å². The molecule has 0 amide bonds. The number of quaternary nitrogens is 1. The van der Waals surface area contributed by atoms with E-state index in [1.807, 2.05) is 0 Å². The maximum atomic E-state index is 11.3.